The van der Waals surface area contributed by atoms with Crippen molar-refractivity contribution < 1.29 is 4.79 Å². The lowest BCUT2D eigenvalue weighted by atomic mass is 10.1. The van der Waals surface area contributed by atoms with Gasteiger partial charge in [0.1, 0.15) is 0 Å². The van der Waals surface area contributed by atoms with Crippen molar-refractivity contribution >= 4 is 17.4 Å². The zero-order valence-corrected chi connectivity index (χ0v) is 13.4. The van der Waals surface area contributed by atoms with Gasteiger partial charge in [0.25, 0.3) is 5.91 Å². The molecule has 0 aliphatic rings. The summed E-state index contributed by atoms with van der Waals surface area (Å²) in [5.74, 6) is -0.0285. The SMILES string of the molecule is N#Cc1ccccc1-c1ccc2ncc(NC(=O)c3ncccn3)n2n1. The molecule has 0 bridgehead atoms. The van der Waals surface area contributed by atoms with Crippen LogP contribution >= 0.6 is 0 Å². The van der Waals surface area contributed by atoms with Crippen molar-refractivity contribution in [3.05, 3.63) is 72.4 Å². The van der Waals surface area contributed by atoms with E-state index >= 15 is 0 Å². The van der Waals surface area contributed by atoms with Gasteiger partial charge in [-0.3, -0.25) is 4.79 Å². The fourth-order valence-corrected chi connectivity index (χ4v) is 2.49. The normalized spacial score (nSPS) is 10.4. The second kappa shape index (κ2) is 6.41. The number of nitrogens with one attached hydrogen (secondary N) is 1. The molecule has 8 heteroatoms. The van der Waals surface area contributed by atoms with Gasteiger partial charge >= 0.3 is 0 Å². The van der Waals surface area contributed by atoms with E-state index in [1.165, 1.54) is 23.1 Å². The molecule has 0 spiro atoms. The molecule has 0 unspecified atom stereocenters. The zero-order chi connectivity index (χ0) is 17.9. The van der Waals surface area contributed by atoms with Crippen LogP contribution in [0.2, 0.25) is 0 Å². The third-order valence-corrected chi connectivity index (χ3v) is 3.70. The van der Waals surface area contributed by atoms with Crippen molar-refractivity contribution in [1.82, 2.24) is 24.6 Å². The predicted molar refractivity (Wildman–Crippen MR) is 93.1 cm³/mol. The van der Waals surface area contributed by atoms with Gasteiger partial charge in [0.15, 0.2) is 11.5 Å². The van der Waals surface area contributed by atoms with Crippen molar-refractivity contribution in [3.63, 3.8) is 0 Å². The van der Waals surface area contributed by atoms with Gasteiger partial charge in [0.05, 0.1) is 23.5 Å². The molecule has 26 heavy (non-hydrogen) atoms. The molecule has 0 aliphatic carbocycles. The number of hydrogen-bond acceptors (Lipinski definition) is 6. The number of rotatable bonds is 3. The van der Waals surface area contributed by atoms with Crippen LogP contribution in [0.25, 0.3) is 16.9 Å². The Kier molecular flexibility index (Phi) is 3.80. The lowest BCUT2D eigenvalue weighted by Crippen LogP contribution is -2.16. The summed E-state index contributed by atoms with van der Waals surface area (Å²) in [5, 5.41) is 16.5. The van der Waals surface area contributed by atoms with Gasteiger partial charge < -0.3 is 5.32 Å². The minimum atomic E-state index is -0.461. The topological polar surface area (TPSA) is 109 Å². The molecule has 1 aromatic carbocycles. The van der Waals surface area contributed by atoms with E-state index in [9.17, 15) is 10.1 Å². The van der Waals surface area contributed by atoms with Crippen LogP contribution in [0.1, 0.15) is 16.2 Å². The number of fused-ring (bicyclic) bond motifs is 1. The van der Waals surface area contributed by atoms with Gasteiger partial charge in [0.2, 0.25) is 5.82 Å². The quantitative estimate of drug-likeness (QED) is 0.612. The molecule has 4 rings (SSSR count). The monoisotopic (exact) mass is 341 g/mol. The molecule has 1 N–H and O–H groups in total. The van der Waals surface area contributed by atoms with Gasteiger partial charge in [-0.2, -0.15) is 14.9 Å². The summed E-state index contributed by atoms with van der Waals surface area (Å²) in [7, 11) is 0. The van der Waals surface area contributed by atoms with Gasteiger partial charge in [-0.15, -0.1) is 0 Å². The molecule has 0 saturated carbocycles. The van der Waals surface area contributed by atoms with E-state index in [-0.39, 0.29) is 5.82 Å². The number of nitrogens with zero attached hydrogens (tertiary/aromatic N) is 6. The number of carbonyl (C=O) groups is 1. The average molecular weight is 341 g/mol. The van der Waals surface area contributed by atoms with E-state index in [4.69, 9.17) is 0 Å². The summed E-state index contributed by atoms with van der Waals surface area (Å²) in [6.07, 6.45) is 4.49. The number of nitriles is 1. The highest BCUT2D eigenvalue weighted by Crippen LogP contribution is 2.22. The van der Waals surface area contributed by atoms with E-state index < -0.39 is 5.91 Å². The number of anilines is 1. The number of imidazole rings is 1. The molecule has 0 radical (unpaired) electrons. The molecule has 8 nitrogen and oxygen atoms in total. The number of carbonyl (C=O) groups excluding carboxylic acids is 1. The third-order valence-electron chi connectivity index (χ3n) is 3.70. The van der Waals surface area contributed by atoms with Crippen LogP contribution in [0.4, 0.5) is 5.82 Å². The van der Waals surface area contributed by atoms with Crippen molar-refractivity contribution in [2.75, 3.05) is 5.32 Å². The van der Waals surface area contributed by atoms with Gasteiger partial charge in [-0.05, 0) is 24.3 Å². The van der Waals surface area contributed by atoms with E-state index in [0.717, 1.165) is 0 Å². The first kappa shape index (κ1) is 15.4. The van der Waals surface area contributed by atoms with Crippen molar-refractivity contribution in [2.24, 2.45) is 0 Å². The van der Waals surface area contributed by atoms with Crippen molar-refractivity contribution in [2.45, 2.75) is 0 Å². The molecule has 124 valence electrons. The summed E-state index contributed by atoms with van der Waals surface area (Å²) in [4.78, 5) is 24.3. The molecule has 3 aromatic heterocycles. The molecular formula is C18H11N7O. The minimum Gasteiger partial charge on any atom is -0.302 e. The average Bonchev–Trinajstić information content (AvgIpc) is 3.10. The van der Waals surface area contributed by atoms with Crippen LogP contribution in [0.3, 0.4) is 0 Å². The summed E-state index contributed by atoms with van der Waals surface area (Å²) in [6.45, 7) is 0. The molecule has 0 saturated heterocycles. The van der Waals surface area contributed by atoms with E-state index in [2.05, 4.69) is 31.4 Å². The van der Waals surface area contributed by atoms with Gasteiger partial charge in [-0.25, -0.2) is 15.0 Å². The van der Waals surface area contributed by atoms with E-state index in [0.29, 0.717) is 28.3 Å². The van der Waals surface area contributed by atoms with Crippen molar-refractivity contribution in [1.29, 1.82) is 5.26 Å². The zero-order valence-electron chi connectivity index (χ0n) is 13.4. The van der Waals surface area contributed by atoms with E-state index in [1.807, 2.05) is 12.1 Å². The van der Waals surface area contributed by atoms with Crippen LogP contribution in [0.15, 0.2) is 61.1 Å². The number of hydrogen-bond donors (Lipinski definition) is 1. The van der Waals surface area contributed by atoms with Crippen LogP contribution in [-0.2, 0) is 0 Å². The van der Waals surface area contributed by atoms with Crippen molar-refractivity contribution in [3.8, 4) is 17.3 Å². The Morgan fingerprint density at radius 3 is 2.65 bits per heavy atom. The lowest BCUT2D eigenvalue weighted by molar-refractivity contribution is 0.101. The van der Waals surface area contributed by atoms with Crippen LogP contribution < -0.4 is 5.32 Å². The molecule has 0 fully saturated rings. The number of benzene rings is 1. The van der Waals surface area contributed by atoms with Crippen LogP contribution in [0, 0.1) is 11.3 Å². The maximum absolute atomic E-state index is 12.3. The highest BCUT2D eigenvalue weighted by atomic mass is 16.2. The highest BCUT2D eigenvalue weighted by Gasteiger charge is 2.14. The molecular weight excluding hydrogens is 330 g/mol. The molecule has 0 atom stereocenters. The summed E-state index contributed by atoms with van der Waals surface area (Å²) >= 11 is 0. The molecule has 4 aromatic rings. The fraction of sp³-hybridized carbons (Fsp3) is 0. The first-order valence-electron chi connectivity index (χ1n) is 7.69. The maximum atomic E-state index is 12.3. The first-order valence-corrected chi connectivity index (χ1v) is 7.69. The Morgan fingerprint density at radius 2 is 1.85 bits per heavy atom. The minimum absolute atomic E-state index is 0.0495. The van der Waals surface area contributed by atoms with E-state index in [1.54, 1.807) is 30.3 Å². The molecule has 1 amide bonds. The summed E-state index contributed by atoms with van der Waals surface area (Å²) in [6, 6.07) is 14.5. The third kappa shape index (κ3) is 2.74. The Hall–Kier alpha value is -4.12. The first-order chi connectivity index (χ1) is 12.8. The van der Waals surface area contributed by atoms with Crippen LogP contribution in [-0.4, -0.2) is 30.5 Å². The van der Waals surface area contributed by atoms with Gasteiger partial charge in [0, 0.05) is 18.0 Å². The highest BCUT2D eigenvalue weighted by molar-refractivity contribution is 6.01. The predicted octanol–water partition coefficient (Wildman–Crippen LogP) is 2.31. The molecule has 0 aliphatic heterocycles. The van der Waals surface area contributed by atoms with Crippen LogP contribution in [0.5, 0.6) is 0 Å². The smallest absolute Gasteiger partial charge is 0.294 e. The number of aromatic nitrogens is 5. The standard InChI is InChI=1S/C18H11N7O/c19-10-12-4-1-2-5-13(12)14-6-7-15-22-11-16(25(15)24-14)23-18(26)17-20-8-3-9-21-17/h1-9,11H,(H,23,26). The Bertz CT molecular complexity index is 1150. The number of amides is 1. The second-order valence-corrected chi connectivity index (χ2v) is 5.32. The van der Waals surface area contributed by atoms with Gasteiger partial charge in [-0.1, -0.05) is 18.2 Å². The lowest BCUT2D eigenvalue weighted by Gasteiger charge is -2.06. The Labute approximate surface area is 147 Å². The Balaban J connectivity index is 1.74. The Morgan fingerprint density at radius 1 is 1.04 bits per heavy atom. The molecule has 3 heterocycles. The fourth-order valence-electron chi connectivity index (χ4n) is 2.49. The largest absolute Gasteiger partial charge is 0.302 e. The second-order valence-electron chi connectivity index (χ2n) is 5.32. The summed E-state index contributed by atoms with van der Waals surface area (Å²) in [5.41, 5.74) is 2.38. The summed E-state index contributed by atoms with van der Waals surface area (Å²) < 4.78 is 1.50. The maximum Gasteiger partial charge on any atom is 0.294 e.